The Morgan fingerprint density at radius 1 is 1.30 bits per heavy atom. The number of aliphatic hydroxyl groups is 1. The molecule has 0 bridgehead atoms. The van der Waals surface area contributed by atoms with E-state index in [2.05, 4.69) is 36.4 Å². The van der Waals surface area contributed by atoms with Crippen LogP contribution >= 0.6 is 0 Å². The van der Waals surface area contributed by atoms with Crippen LogP contribution in [0.2, 0.25) is 19.6 Å². The predicted octanol–water partition coefficient (Wildman–Crippen LogP) is 1.96. The lowest BCUT2D eigenvalue weighted by molar-refractivity contribution is -0.0506. The Morgan fingerprint density at radius 3 is 2.40 bits per heavy atom. The molecule has 1 heterocycles. The number of rotatable bonds is 4. The molecule has 20 heavy (non-hydrogen) atoms. The summed E-state index contributed by atoms with van der Waals surface area (Å²) in [5.74, 6) is 3.37. The number of ether oxygens (including phenoxy) is 1. The Kier molecular flexibility index (Phi) is 4.66. The molecule has 4 heteroatoms. The van der Waals surface area contributed by atoms with E-state index in [4.69, 9.17) is 4.74 Å². The van der Waals surface area contributed by atoms with Gasteiger partial charge in [-0.05, 0) is 5.56 Å². The number of hydrogen-bond acceptors (Lipinski definition) is 3. The van der Waals surface area contributed by atoms with Crippen LogP contribution in [-0.2, 0) is 4.74 Å². The molecule has 0 saturated carbocycles. The highest BCUT2D eigenvalue weighted by atomic mass is 28.3. The van der Waals surface area contributed by atoms with Gasteiger partial charge in [0.15, 0.2) is 0 Å². The lowest BCUT2D eigenvalue weighted by atomic mass is 9.95. The Balaban J connectivity index is 2.14. The molecule has 1 fully saturated rings. The summed E-state index contributed by atoms with van der Waals surface area (Å²) in [6, 6.07) is 9.89. The number of benzene rings is 1. The molecule has 0 unspecified atom stereocenters. The first-order valence-electron chi connectivity index (χ1n) is 7.00. The molecule has 2 rings (SSSR count). The van der Waals surface area contributed by atoms with Crippen molar-refractivity contribution in [2.24, 2.45) is 0 Å². The van der Waals surface area contributed by atoms with E-state index >= 15 is 0 Å². The molecular weight excluding hydrogens is 266 g/mol. The first-order chi connectivity index (χ1) is 9.44. The molecule has 0 spiro atoms. The zero-order valence-electron chi connectivity index (χ0n) is 12.4. The summed E-state index contributed by atoms with van der Waals surface area (Å²) in [7, 11) is -1.41. The van der Waals surface area contributed by atoms with E-state index in [1.807, 2.05) is 30.3 Å². The number of nitrogens with one attached hydrogen (secondary N) is 1. The molecule has 3 nitrogen and oxygen atoms in total. The molecule has 1 aliphatic heterocycles. The highest BCUT2D eigenvalue weighted by Gasteiger charge is 2.39. The van der Waals surface area contributed by atoms with Gasteiger partial charge in [-0.25, -0.2) is 0 Å². The van der Waals surface area contributed by atoms with Gasteiger partial charge in [0.2, 0.25) is 0 Å². The van der Waals surface area contributed by atoms with Crippen LogP contribution in [0.3, 0.4) is 0 Å². The van der Waals surface area contributed by atoms with Gasteiger partial charge in [0.25, 0.3) is 0 Å². The van der Waals surface area contributed by atoms with Crippen LogP contribution in [0.4, 0.5) is 0 Å². The van der Waals surface area contributed by atoms with E-state index < -0.39 is 8.07 Å². The summed E-state index contributed by atoms with van der Waals surface area (Å²) < 4.78 is 5.35. The second-order valence-corrected chi connectivity index (χ2v) is 11.1. The fraction of sp³-hybridized carbons (Fsp3) is 0.500. The van der Waals surface area contributed by atoms with E-state index in [-0.39, 0.29) is 18.2 Å². The third kappa shape index (κ3) is 3.94. The van der Waals surface area contributed by atoms with Gasteiger partial charge in [-0.15, -0.1) is 5.54 Å². The first-order valence-corrected chi connectivity index (χ1v) is 10.5. The molecule has 1 aliphatic rings. The topological polar surface area (TPSA) is 41.5 Å². The van der Waals surface area contributed by atoms with Crippen molar-refractivity contribution in [1.82, 2.24) is 5.32 Å². The SMILES string of the molecule is C[Si](C)(C)C#CC1(N[C@H](CO)c2ccccc2)COC1. The molecule has 0 aliphatic carbocycles. The van der Waals surface area contributed by atoms with Gasteiger partial charge in [0.05, 0.1) is 25.9 Å². The summed E-state index contributed by atoms with van der Waals surface area (Å²) in [6.45, 7) is 7.93. The van der Waals surface area contributed by atoms with Crippen molar-refractivity contribution < 1.29 is 9.84 Å². The molecule has 0 radical (unpaired) electrons. The van der Waals surface area contributed by atoms with Crippen LogP contribution in [0.1, 0.15) is 11.6 Å². The Bertz CT molecular complexity index is 495. The lowest BCUT2D eigenvalue weighted by Gasteiger charge is -2.40. The molecular formula is C16H23NO2Si. The monoisotopic (exact) mass is 289 g/mol. The van der Waals surface area contributed by atoms with Crippen LogP contribution in [-0.4, -0.2) is 38.5 Å². The molecule has 2 N–H and O–H groups in total. The summed E-state index contributed by atoms with van der Waals surface area (Å²) in [6.07, 6.45) is 0. The predicted molar refractivity (Wildman–Crippen MR) is 84.1 cm³/mol. The van der Waals surface area contributed by atoms with E-state index in [1.165, 1.54) is 0 Å². The van der Waals surface area contributed by atoms with Gasteiger partial charge < -0.3 is 9.84 Å². The van der Waals surface area contributed by atoms with Crippen molar-refractivity contribution in [1.29, 1.82) is 0 Å². The van der Waals surface area contributed by atoms with Crippen molar-refractivity contribution in [2.45, 2.75) is 31.2 Å². The minimum absolute atomic E-state index is 0.0559. The maximum absolute atomic E-state index is 9.65. The van der Waals surface area contributed by atoms with E-state index in [0.29, 0.717) is 13.2 Å². The maximum Gasteiger partial charge on any atom is 0.129 e. The summed E-state index contributed by atoms with van der Waals surface area (Å²) >= 11 is 0. The van der Waals surface area contributed by atoms with E-state index in [1.54, 1.807) is 0 Å². The molecule has 108 valence electrons. The second kappa shape index (κ2) is 6.11. The van der Waals surface area contributed by atoms with Gasteiger partial charge in [-0.1, -0.05) is 55.9 Å². The van der Waals surface area contributed by atoms with Crippen LogP contribution in [0.5, 0.6) is 0 Å². The number of aliphatic hydroxyl groups excluding tert-OH is 1. The van der Waals surface area contributed by atoms with Crippen molar-refractivity contribution in [3.63, 3.8) is 0 Å². The summed E-state index contributed by atoms with van der Waals surface area (Å²) in [4.78, 5) is 0. The molecule has 1 aromatic carbocycles. The number of hydrogen-bond donors (Lipinski definition) is 2. The van der Waals surface area contributed by atoms with Gasteiger partial charge in [0.1, 0.15) is 13.6 Å². The fourth-order valence-electron chi connectivity index (χ4n) is 2.06. The zero-order valence-corrected chi connectivity index (χ0v) is 13.4. The molecule has 0 aromatic heterocycles. The van der Waals surface area contributed by atoms with Crippen LogP contribution in [0.25, 0.3) is 0 Å². The fourth-order valence-corrected chi connectivity index (χ4v) is 2.67. The molecule has 1 saturated heterocycles. The van der Waals surface area contributed by atoms with Crippen LogP contribution in [0, 0.1) is 11.5 Å². The van der Waals surface area contributed by atoms with Crippen molar-refractivity contribution in [3.05, 3.63) is 35.9 Å². The molecule has 1 aromatic rings. The van der Waals surface area contributed by atoms with Crippen molar-refractivity contribution >= 4 is 8.07 Å². The quantitative estimate of drug-likeness (QED) is 0.658. The largest absolute Gasteiger partial charge is 0.394 e. The van der Waals surface area contributed by atoms with E-state index in [9.17, 15) is 5.11 Å². The first kappa shape index (κ1) is 15.3. The van der Waals surface area contributed by atoms with Gasteiger partial charge in [-0.2, -0.15) is 0 Å². The summed E-state index contributed by atoms with van der Waals surface area (Å²) in [5, 5.41) is 13.1. The third-order valence-electron chi connectivity index (χ3n) is 3.21. The normalized spacial score (nSPS) is 18.6. The smallest absolute Gasteiger partial charge is 0.129 e. The van der Waals surface area contributed by atoms with Crippen molar-refractivity contribution in [3.8, 4) is 11.5 Å². The highest BCUT2D eigenvalue weighted by Crippen LogP contribution is 2.22. The van der Waals surface area contributed by atoms with Gasteiger partial charge >= 0.3 is 0 Å². The molecule has 1 atom stereocenters. The Labute approximate surface area is 122 Å². The maximum atomic E-state index is 9.65. The lowest BCUT2D eigenvalue weighted by Crippen LogP contribution is -2.61. The molecule has 0 amide bonds. The van der Waals surface area contributed by atoms with Crippen LogP contribution in [0.15, 0.2) is 30.3 Å². The third-order valence-corrected chi connectivity index (χ3v) is 4.08. The second-order valence-electron chi connectivity index (χ2n) is 6.37. The average Bonchev–Trinajstić information content (AvgIpc) is 2.37. The minimum Gasteiger partial charge on any atom is -0.394 e. The van der Waals surface area contributed by atoms with Gasteiger partial charge in [-0.3, -0.25) is 5.32 Å². The standard InChI is InChI=1S/C16H23NO2Si/c1-20(2,3)10-9-16(12-19-13-16)17-15(11-18)14-7-5-4-6-8-14/h4-8,15,17-18H,11-13H2,1-3H3/t15-/m1/s1. The zero-order chi connectivity index (χ0) is 14.6. The highest BCUT2D eigenvalue weighted by molar-refractivity contribution is 6.83. The minimum atomic E-state index is -1.41. The Hall–Kier alpha value is -1.12. The summed E-state index contributed by atoms with van der Waals surface area (Å²) in [5.41, 5.74) is 4.19. The van der Waals surface area contributed by atoms with Crippen molar-refractivity contribution in [2.75, 3.05) is 19.8 Å². The Morgan fingerprint density at radius 2 is 1.95 bits per heavy atom. The van der Waals surface area contributed by atoms with Crippen LogP contribution < -0.4 is 5.32 Å². The van der Waals surface area contributed by atoms with Gasteiger partial charge in [0, 0.05) is 0 Å². The van der Waals surface area contributed by atoms with E-state index in [0.717, 1.165) is 5.56 Å². The average molecular weight is 289 g/mol.